The van der Waals surface area contributed by atoms with Crippen molar-refractivity contribution in [2.75, 3.05) is 10.6 Å². The van der Waals surface area contributed by atoms with Crippen molar-refractivity contribution >= 4 is 40.1 Å². The van der Waals surface area contributed by atoms with Gasteiger partial charge >= 0.3 is 5.97 Å². The van der Waals surface area contributed by atoms with Gasteiger partial charge in [0.2, 0.25) is 5.91 Å². The first-order valence-electron chi connectivity index (χ1n) is 9.43. The molecule has 11 heteroatoms. The number of amides is 2. The number of nitrogens with one attached hydrogen (secondary N) is 2. The number of rotatable bonds is 5. The van der Waals surface area contributed by atoms with Crippen molar-refractivity contribution in [1.82, 2.24) is 15.1 Å². The lowest BCUT2D eigenvalue weighted by Gasteiger charge is -2.10. The first-order chi connectivity index (χ1) is 15.9. The van der Waals surface area contributed by atoms with E-state index >= 15 is 0 Å². The van der Waals surface area contributed by atoms with E-state index < -0.39 is 11.9 Å². The van der Waals surface area contributed by atoms with Crippen LogP contribution in [-0.4, -0.2) is 38.0 Å². The summed E-state index contributed by atoms with van der Waals surface area (Å²) in [4.78, 5) is 44.4. The maximum Gasteiger partial charge on any atom is 0.337 e. The van der Waals surface area contributed by atoms with Crippen LogP contribution in [0, 0.1) is 11.3 Å². The van der Waals surface area contributed by atoms with E-state index in [4.69, 9.17) is 9.78 Å². The fourth-order valence-corrected chi connectivity index (χ4v) is 3.17. The number of carboxylic acid groups (broad SMARTS) is 1. The number of aromatic carboxylic acids is 1. The second kappa shape index (κ2) is 8.56. The third kappa shape index (κ3) is 4.21. The Morgan fingerprint density at radius 3 is 2.58 bits per heavy atom. The SMILES string of the molecule is CC(=O)Nc1cc2c(C(=O)Nc3ccc(C#N)cc3C(=O)O)noc2cc1-c1cnccn1. The molecular weight excluding hydrogens is 428 g/mol. The zero-order chi connectivity index (χ0) is 23.5. The van der Waals surface area contributed by atoms with Gasteiger partial charge in [-0.2, -0.15) is 5.26 Å². The van der Waals surface area contributed by atoms with E-state index in [9.17, 15) is 19.5 Å². The van der Waals surface area contributed by atoms with Gasteiger partial charge in [0.25, 0.3) is 5.91 Å². The first kappa shape index (κ1) is 21.1. The Labute approximate surface area is 185 Å². The predicted molar refractivity (Wildman–Crippen MR) is 115 cm³/mol. The summed E-state index contributed by atoms with van der Waals surface area (Å²) >= 11 is 0. The van der Waals surface area contributed by atoms with Crippen molar-refractivity contribution in [1.29, 1.82) is 5.26 Å². The molecule has 0 spiro atoms. The Hall–Kier alpha value is -5.11. The number of aromatic nitrogens is 3. The maximum absolute atomic E-state index is 12.9. The fourth-order valence-electron chi connectivity index (χ4n) is 3.17. The third-order valence-corrected chi connectivity index (χ3v) is 4.60. The molecule has 0 atom stereocenters. The van der Waals surface area contributed by atoms with Gasteiger partial charge < -0.3 is 20.3 Å². The monoisotopic (exact) mass is 442 g/mol. The number of anilines is 2. The molecule has 0 saturated carbocycles. The molecule has 3 N–H and O–H groups in total. The van der Waals surface area contributed by atoms with Gasteiger partial charge in [-0.25, -0.2) is 4.79 Å². The molecule has 4 aromatic rings. The van der Waals surface area contributed by atoms with Crippen LogP contribution in [0.5, 0.6) is 0 Å². The van der Waals surface area contributed by atoms with Crippen LogP contribution in [0.2, 0.25) is 0 Å². The van der Waals surface area contributed by atoms with Crippen molar-refractivity contribution in [2.45, 2.75) is 6.92 Å². The fraction of sp³-hybridized carbons (Fsp3) is 0.0455. The van der Waals surface area contributed by atoms with Crippen LogP contribution in [0.4, 0.5) is 11.4 Å². The predicted octanol–water partition coefficient (Wildman–Crippen LogP) is 3.07. The summed E-state index contributed by atoms with van der Waals surface area (Å²) in [6, 6.07) is 8.78. The average molecular weight is 442 g/mol. The van der Waals surface area contributed by atoms with Crippen LogP contribution < -0.4 is 10.6 Å². The van der Waals surface area contributed by atoms with E-state index in [1.807, 2.05) is 6.07 Å². The Morgan fingerprint density at radius 1 is 1.09 bits per heavy atom. The minimum absolute atomic E-state index is 0.0130. The molecule has 162 valence electrons. The van der Waals surface area contributed by atoms with Crippen molar-refractivity contribution in [2.24, 2.45) is 0 Å². The highest BCUT2D eigenvalue weighted by molar-refractivity contribution is 6.14. The van der Waals surface area contributed by atoms with Crippen molar-refractivity contribution < 1.29 is 24.0 Å². The lowest BCUT2D eigenvalue weighted by atomic mass is 10.1. The number of benzene rings is 2. The number of carbonyl (C=O) groups is 3. The lowest BCUT2D eigenvalue weighted by molar-refractivity contribution is -0.114. The van der Waals surface area contributed by atoms with Gasteiger partial charge in [0.05, 0.1) is 45.8 Å². The molecule has 33 heavy (non-hydrogen) atoms. The average Bonchev–Trinajstić information content (AvgIpc) is 3.21. The second-order valence-electron chi connectivity index (χ2n) is 6.83. The normalized spacial score (nSPS) is 10.4. The molecule has 0 radical (unpaired) electrons. The van der Waals surface area contributed by atoms with E-state index in [1.54, 1.807) is 6.07 Å². The topological polar surface area (TPSA) is 171 Å². The highest BCUT2D eigenvalue weighted by Crippen LogP contribution is 2.33. The van der Waals surface area contributed by atoms with Gasteiger partial charge in [0.15, 0.2) is 11.3 Å². The molecule has 0 aliphatic heterocycles. The molecule has 0 unspecified atom stereocenters. The largest absolute Gasteiger partial charge is 0.478 e. The van der Waals surface area contributed by atoms with Crippen LogP contribution in [0.3, 0.4) is 0 Å². The Balaban J connectivity index is 1.77. The van der Waals surface area contributed by atoms with Crippen LogP contribution in [0.15, 0.2) is 53.4 Å². The summed E-state index contributed by atoms with van der Waals surface area (Å²) in [6.45, 7) is 1.34. The third-order valence-electron chi connectivity index (χ3n) is 4.60. The van der Waals surface area contributed by atoms with Gasteiger partial charge in [-0.15, -0.1) is 0 Å². The standard InChI is InChI=1S/C22H14N6O5/c1-11(29)26-17-7-15-19(8-13(17)18-10-24-4-5-25-18)33-28-20(15)21(30)27-16-3-2-12(9-23)6-14(16)22(31)32/h2-8,10H,1H3,(H,26,29)(H,27,30)(H,31,32). The molecular formula is C22H14N6O5. The van der Waals surface area contributed by atoms with E-state index in [-0.39, 0.29) is 39.4 Å². The quantitative estimate of drug-likeness (QED) is 0.420. The number of carbonyl (C=O) groups excluding carboxylic acids is 2. The molecule has 0 aliphatic carbocycles. The van der Waals surface area contributed by atoms with E-state index in [1.165, 1.54) is 43.7 Å². The molecule has 2 aromatic heterocycles. The summed E-state index contributed by atoms with van der Waals surface area (Å²) in [6.07, 6.45) is 4.51. The van der Waals surface area contributed by atoms with Crippen LogP contribution in [0.1, 0.15) is 33.3 Å². The molecule has 11 nitrogen and oxygen atoms in total. The second-order valence-corrected chi connectivity index (χ2v) is 6.83. The minimum Gasteiger partial charge on any atom is -0.478 e. The number of hydrogen-bond acceptors (Lipinski definition) is 8. The molecule has 0 fully saturated rings. The van der Waals surface area contributed by atoms with E-state index in [2.05, 4.69) is 25.8 Å². The van der Waals surface area contributed by atoms with Gasteiger partial charge in [-0.05, 0) is 30.3 Å². The molecule has 0 saturated heterocycles. The van der Waals surface area contributed by atoms with Gasteiger partial charge in [0.1, 0.15) is 0 Å². The number of nitrogens with zero attached hydrogens (tertiary/aromatic N) is 4. The van der Waals surface area contributed by atoms with Gasteiger partial charge in [0, 0.05) is 24.9 Å². The molecule has 2 aromatic carbocycles. The summed E-state index contributed by atoms with van der Waals surface area (Å²) < 4.78 is 5.31. The smallest absolute Gasteiger partial charge is 0.337 e. The first-order valence-corrected chi connectivity index (χ1v) is 9.43. The Bertz CT molecular complexity index is 1460. The van der Waals surface area contributed by atoms with E-state index in [0.717, 1.165) is 6.07 Å². The molecule has 0 bridgehead atoms. The Kier molecular flexibility index (Phi) is 5.48. The summed E-state index contributed by atoms with van der Waals surface area (Å²) in [5, 5.41) is 27.7. The van der Waals surface area contributed by atoms with Gasteiger partial charge in [-0.3, -0.25) is 19.6 Å². The molecule has 2 amide bonds. The number of carboxylic acids is 1. The van der Waals surface area contributed by atoms with Crippen LogP contribution in [0.25, 0.3) is 22.2 Å². The molecule has 2 heterocycles. The molecule has 0 aliphatic rings. The zero-order valence-corrected chi connectivity index (χ0v) is 17.0. The number of nitriles is 1. The summed E-state index contributed by atoms with van der Waals surface area (Å²) in [5.74, 6) is -2.39. The minimum atomic E-state index is -1.31. The highest BCUT2D eigenvalue weighted by Gasteiger charge is 2.22. The number of hydrogen-bond donors (Lipinski definition) is 3. The maximum atomic E-state index is 12.9. The van der Waals surface area contributed by atoms with Crippen LogP contribution in [-0.2, 0) is 4.79 Å². The van der Waals surface area contributed by atoms with Crippen molar-refractivity contribution in [3.05, 3.63) is 65.7 Å². The van der Waals surface area contributed by atoms with Crippen molar-refractivity contribution in [3.63, 3.8) is 0 Å². The molecule has 4 rings (SSSR count). The lowest BCUT2D eigenvalue weighted by Crippen LogP contribution is -2.15. The summed E-state index contributed by atoms with van der Waals surface area (Å²) in [5.41, 5.74) is 1.32. The highest BCUT2D eigenvalue weighted by atomic mass is 16.5. The van der Waals surface area contributed by atoms with E-state index in [0.29, 0.717) is 16.9 Å². The van der Waals surface area contributed by atoms with Crippen LogP contribution >= 0.6 is 0 Å². The Morgan fingerprint density at radius 2 is 1.91 bits per heavy atom. The number of fused-ring (bicyclic) bond motifs is 1. The van der Waals surface area contributed by atoms with Crippen molar-refractivity contribution in [3.8, 4) is 17.3 Å². The van der Waals surface area contributed by atoms with Gasteiger partial charge in [-0.1, -0.05) is 5.16 Å². The zero-order valence-electron chi connectivity index (χ0n) is 17.0. The summed E-state index contributed by atoms with van der Waals surface area (Å²) in [7, 11) is 0.